The molecule has 0 radical (unpaired) electrons. The third kappa shape index (κ3) is 3.08. The van der Waals surface area contributed by atoms with Crippen LogP contribution in [-0.2, 0) is 5.75 Å². The van der Waals surface area contributed by atoms with Gasteiger partial charge in [0.15, 0.2) is 0 Å². The van der Waals surface area contributed by atoms with E-state index in [0.29, 0.717) is 0 Å². The Kier molecular flexibility index (Phi) is 4.39. The number of nitrogens with one attached hydrogen (secondary N) is 1. The summed E-state index contributed by atoms with van der Waals surface area (Å²) in [5.74, 6) is 2.84. The van der Waals surface area contributed by atoms with Crippen molar-refractivity contribution in [3.05, 3.63) is 22.8 Å². The normalized spacial score (nSPS) is 10.1. The number of rotatable bonds is 4. The Balaban J connectivity index is 2.78. The van der Waals surface area contributed by atoms with E-state index in [9.17, 15) is 0 Å². The molecule has 1 rings (SSSR count). The minimum absolute atomic E-state index is 0.750. The molecule has 0 saturated carbocycles. The number of hydrogen-bond donors (Lipinski definition) is 1. The molecule has 1 aromatic rings. The lowest BCUT2D eigenvalue weighted by atomic mass is 10.3. The Labute approximate surface area is 88.1 Å². The number of thioether (sulfide) groups is 1. The Hall–Kier alpha value is -0.410. The summed E-state index contributed by atoms with van der Waals surface area (Å²) in [5, 5.41) is 3.74. The van der Waals surface area contributed by atoms with Crippen LogP contribution in [0.3, 0.4) is 0 Å². The number of halogens is 1. The molecule has 0 aromatic carbocycles. The maximum atomic E-state index is 5.99. The van der Waals surface area contributed by atoms with E-state index < -0.39 is 0 Å². The summed E-state index contributed by atoms with van der Waals surface area (Å²) in [6.07, 6.45) is 0. The maximum Gasteiger partial charge on any atom is 0.126 e. The molecule has 1 N–H and O–H groups in total. The quantitative estimate of drug-likeness (QED) is 0.838. The van der Waals surface area contributed by atoms with Crippen molar-refractivity contribution in [2.24, 2.45) is 0 Å². The van der Waals surface area contributed by atoms with Crippen molar-refractivity contribution in [2.45, 2.75) is 12.7 Å². The van der Waals surface area contributed by atoms with Gasteiger partial charge in [-0.25, -0.2) is 4.98 Å². The fourth-order valence-electron chi connectivity index (χ4n) is 0.924. The number of anilines is 1. The van der Waals surface area contributed by atoms with E-state index >= 15 is 0 Å². The van der Waals surface area contributed by atoms with E-state index in [1.54, 1.807) is 0 Å². The average Bonchev–Trinajstić information content (AvgIpc) is 2.17. The number of nitrogens with zero attached hydrogens (tertiary/aromatic N) is 1. The molecule has 0 aliphatic heterocycles. The van der Waals surface area contributed by atoms with Gasteiger partial charge in [-0.3, -0.25) is 0 Å². The molecule has 0 bridgehead atoms. The summed E-state index contributed by atoms with van der Waals surface area (Å²) in [5.41, 5.74) is 0.959. The highest BCUT2D eigenvalue weighted by Gasteiger charge is 2.02. The predicted octanol–water partition coefficient (Wildman–Crippen LogP) is 3.03. The third-order valence-corrected chi connectivity index (χ3v) is 2.85. The van der Waals surface area contributed by atoms with Gasteiger partial charge >= 0.3 is 0 Å². The fraction of sp³-hybridized carbons (Fsp3) is 0.444. The lowest BCUT2D eigenvalue weighted by Gasteiger charge is -2.05. The molecule has 1 aromatic heterocycles. The highest BCUT2D eigenvalue weighted by atomic mass is 35.5. The van der Waals surface area contributed by atoms with Crippen LogP contribution >= 0.6 is 23.4 Å². The summed E-state index contributed by atoms with van der Waals surface area (Å²) >= 11 is 7.81. The van der Waals surface area contributed by atoms with Crippen molar-refractivity contribution in [3.8, 4) is 0 Å². The summed E-state index contributed by atoms with van der Waals surface area (Å²) in [6, 6.07) is 3.76. The van der Waals surface area contributed by atoms with E-state index in [1.807, 2.05) is 30.9 Å². The minimum atomic E-state index is 0.750. The summed E-state index contributed by atoms with van der Waals surface area (Å²) < 4.78 is 0. The molecule has 0 amide bonds. The van der Waals surface area contributed by atoms with Gasteiger partial charge in [0.2, 0.25) is 0 Å². The van der Waals surface area contributed by atoms with Crippen LogP contribution in [0.5, 0.6) is 0 Å². The molecule has 0 aliphatic rings. The van der Waals surface area contributed by atoms with Gasteiger partial charge < -0.3 is 5.32 Å². The van der Waals surface area contributed by atoms with Crippen LogP contribution in [0.15, 0.2) is 12.1 Å². The number of hydrogen-bond acceptors (Lipinski definition) is 3. The van der Waals surface area contributed by atoms with Crippen molar-refractivity contribution in [3.63, 3.8) is 0 Å². The first-order valence-corrected chi connectivity index (χ1v) is 5.72. The molecule has 0 spiro atoms. The molecule has 0 atom stereocenters. The standard InChI is InChI=1S/C9H13ClN2S/c1-3-13-6-8-7(10)4-5-9(11-2)12-8/h4-5H,3,6H2,1-2H3,(H,11,12). The first-order valence-electron chi connectivity index (χ1n) is 4.18. The Morgan fingerprint density at radius 1 is 1.54 bits per heavy atom. The summed E-state index contributed by atoms with van der Waals surface area (Å²) in [4.78, 5) is 4.36. The molecule has 0 unspecified atom stereocenters. The van der Waals surface area contributed by atoms with Gasteiger partial charge in [-0.05, 0) is 17.9 Å². The van der Waals surface area contributed by atoms with E-state index in [2.05, 4.69) is 17.2 Å². The Bertz CT molecular complexity index is 278. The molecule has 2 nitrogen and oxygen atoms in total. The lowest BCUT2D eigenvalue weighted by Crippen LogP contribution is -1.96. The molecule has 72 valence electrons. The van der Waals surface area contributed by atoms with E-state index in [-0.39, 0.29) is 0 Å². The van der Waals surface area contributed by atoms with Crippen molar-refractivity contribution < 1.29 is 0 Å². The van der Waals surface area contributed by atoms with Crippen LogP contribution in [0.25, 0.3) is 0 Å². The summed E-state index contributed by atoms with van der Waals surface area (Å²) in [6.45, 7) is 2.13. The fourth-order valence-corrected chi connectivity index (χ4v) is 1.79. The van der Waals surface area contributed by atoms with Crippen molar-refractivity contribution in [1.82, 2.24) is 4.98 Å². The van der Waals surface area contributed by atoms with Crippen LogP contribution in [-0.4, -0.2) is 17.8 Å². The van der Waals surface area contributed by atoms with Gasteiger partial charge in [-0.15, -0.1) is 0 Å². The largest absolute Gasteiger partial charge is 0.373 e. The SMILES string of the molecule is CCSCc1nc(NC)ccc1Cl. The van der Waals surface area contributed by atoms with Gasteiger partial charge in [0.1, 0.15) is 5.82 Å². The Morgan fingerprint density at radius 2 is 2.31 bits per heavy atom. The summed E-state index contributed by atoms with van der Waals surface area (Å²) in [7, 11) is 1.85. The van der Waals surface area contributed by atoms with Gasteiger partial charge in [0.05, 0.1) is 10.7 Å². The third-order valence-electron chi connectivity index (χ3n) is 1.62. The zero-order chi connectivity index (χ0) is 9.68. The first-order chi connectivity index (χ1) is 6.27. The minimum Gasteiger partial charge on any atom is -0.373 e. The molecule has 1 heterocycles. The van der Waals surface area contributed by atoms with Gasteiger partial charge in [-0.1, -0.05) is 18.5 Å². The average molecular weight is 217 g/mol. The van der Waals surface area contributed by atoms with Crippen molar-refractivity contribution >= 4 is 29.2 Å². The second-order valence-corrected chi connectivity index (χ2v) is 4.19. The van der Waals surface area contributed by atoms with Crippen LogP contribution in [0, 0.1) is 0 Å². The van der Waals surface area contributed by atoms with Crippen molar-refractivity contribution in [1.29, 1.82) is 0 Å². The molecular formula is C9H13ClN2S. The van der Waals surface area contributed by atoms with Crippen molar-refractivity contribution in [2.75, 3.05) is 18.1 Å². The Morgan fingerprint density at radius 3 is 2.92 bits per heavy atom. The second kappa shape index (κ2) is 5.35. The second-order valence-electron chi connectivity index (χ2n) is 2.51. The maximum absolute atomic E-state index is 5.99. The molecule has 0 fully saturated rings. The van der Waals surface area contributed by atoms with Gasteiger partial charge in [-0.2, -0.15) is 11.8 Å². The van der Waals surface area contributed by atoms with E-state index in [4.69, 9.17) is 11.6 Å². The number of aromatic nitrogens is 1. The zero-order valence-electron chi connectivity index (χ0n) is 7.80. The monoisotopic (exact) mass is 216 g/mol. The van der Waals surface area contributed by atoms with Gasteiger partial charge in [0.25, 0.3) is 0 Å². The molecule has 0 saturated heterocycles. The van der Waals surface area contributed by atoms with Crippen LogP contribution < -0.4 is 5.32 Å². The lowest BCUT2D eigenvalue weighted by molar-refractivity contribution is 1.16. The highest BCUT2D eigenvalue weighted by Crippen LogP contribution is 2.20. The van der Waals surface area contributed by atoms with Crippen LogP contribution in [0.1, 0.15) is 12.6 Å². The number of pyridine rings is 1. The molecule has 0 aliphatic carbocycles. The predicted molar refractivity (Wildman–Crippen MR) is 60.6 cm³/mol. The van der Waals surface area contributed by atoms with Crippen LogP contribution in [0.4, 0.5) is 5.82 Å². The van der Waals surface area contributed by atoms with E-state index in [1.165, 1.54) is 0 Å². The smallest absolute Gasteiger partial charge is 0.126 e. The first kappa shape index (κ1) is 10.7. The topological polar surface area (TPSA) is 24.9 Å². The molecule has 4 heteroatoms. The van der Waals surface area contributed by atoms with Crippen LogP contribution in [0.2, 0.25) is 5.02 Å². The van der Waals surface area contributed by atoms with E-state index in [0.717, 1.165) is 28.0 Å². The highest BCUT2D eigenvalue weighted by molar-refractivity contribution is 7.98. The zero-order valence-corrected chi connectivity index (χ0v) is 9.37. The molecule has 13 heavy (non-hydrogen) atoms. The van der Waals surface area contributed by atoms with Gasteiger partial charge in [0, 0.05) is 12.8 Å². The molecular weight excluding hydrogens is 204 g/mol.